The van der Waals surface area contributed by atoms with Gasteiger partial charge in [-0.2, -0.15) is 13.2 Å². The Morgan fingerprint density at radius 2 is 1.92 bits per heavy atom. The van der Waals surface area contributed by atoms with E-state index in [0.717, 1.165) is 17.0 Å². The van der Waals surface area contributed by atoms with Crippen LogP contribution >= 0.6 is 11.8 Å². The molecule has 0 bridgehead atoms. The predicted octanol–water partition coefficient (Wildman–Crippen LogP) is 2.40. The van der Waals surface area contributed by atoms with E-state index in [1.54, 1.807) is 0 Å². The van der Waals surface area contributed by atoms with Crippen molar-refractivity contribution in [3.8, 4) is 0 Å². The highest BCUT2D eigenvalue weighted by molar-refractivity contribution is 8.00. The van der Waals surface area contributed by atoms with Gasteiger partial charge in [0.2, 0.25) is 0 Å². The van der Waals surface area contributed by atoms with E-state index < -0.39 is 29.5 Å². The lowest BCUT2D eigenvalue weighted by atomic mass is 10.2. The molecule has 1 aliphatic rings. The average molecular weight is 362 g/mol. The summed E-state index contributed by atoms with van der Waals surface area (Å²) in [6.07, 6.45) is -1.19. The molecule has 3 amide bonds. The summed E-state index contributed by atoms with van der Waals surface area (Å²) < 4.78 is 41.7. The third kappa shape index (κ3) is 4.63. The van der Waals surface area contributed by atoms with E-state index in [1.165, 1.54) is 19.1 Å². The summed E-state index contributed by atoms with van der Waals surface area (Å²) in [4.78, 5) is 36.2. The van der Waals surface area contributed by atoms with Gasteiger partial charge in [0.05, 0.1) is 5.56 Å². The average Bonchev–Trinajstić information content (AvgIpc) is 2.91. The van der Waals surface area contributed by atoms with Crippen LogP contribution in [0.5, 0.6) is 0 Å². The van der Waals surface area contributed by atoms with Crippen molar-refractivity contribution < 1.29 is 32.3 Å². The normalized spacial score (nSPS) is 15.8. The van der Waals surface area contributed by atoms with Crippen molar-refractivity contribution in [2.75, 3.05) is 13.1 Å². The molecule has 1 aliphatic heterocycles. The monoisotopic (exact) mass is 362 g/mol. The number of nitrogens with zero attached hydrogens (tertiary/aromatic N) is 1. The second-order valence-corrected chi connectivity index (χ2v) is 5.98. The molecule has 0 aliphatic carbocycles. The number of urea groups is 1. The summed E-state index contributed by atoms with van der Waals surface area (Å²) in [5.74, 6) is -1.53. The van der Waals surface area contributed by atoms with E-state index in [9.17, 15) is 27.6 Å². The number of esters is 1. The first-order valence-electron chi connectivity index (χ1n) is 6.83. The number of hydrogen-bond donors (Lipinski definition) is 1. The summed E-state index contributed by atoms with van der Waals surface area (Å²) in [6.45, 7) is 1.83. The van der Waals surface area contributed by atoms with Crippen LogP contribution in [0.3, 0.4) is 0 Å². The van der Waals surface area contributed by atoms with Gasteiger partial charge in [0, 0.05) is 18.0 Å². The van der Waals surface area contributed by atoms with Crippen LogP contribution in [-0.2, 0) is 9.53 Å². The standard InChI is InChI=1S/C14H13F3N2O4S/c1-8(11(20)19-7-6-18-13(19)22)23-12(21)9-2-4-10(5-3-9)24-14(15,16)17/h2-5,8H,6-7H2,1H3,(H,18,22). The first-order chi connectivity index (χ1) is 11.2. The predicted molar refractivity (Wildman–Crippen MR) is 78.3 cm³/mol. The van der Waals surface area contributed by atoms with Gasteiger partial charge in [-0.1, -0.05) is 0 Å². The summed E-state index contributed by atoms with van der Waals surface area (Å²) in [5, 5.41) is 2.45. The Morgan fingerprint density at radius 3 is 2.42 bits per heavy atom. The number of halogens is 3. The Labute approximate surface area is 139 Å². The molecule has 24 heavy (non-hydrogen) atoms. The third-order valence-electron chi connectivity index (χ3n) is 3.08. The van der Waals surface area contributed by atoms with Crippen LogP contribution in [0.2, 0.25) is 0 Å². The molecule has 0 saturated carbocycles. The zero-order chi connectivity index (χ0) is 17.9. The lowest BCUT2D eigenvalue weighted by Crippen LogP contribution is -2.41. The van der Waals surface area contributed by atoms with E-state index in [4.69, 9.17) is 4.74 Å². The first-order valence-corrected chi connectivity index (χ1v) is 7.65. The molecule has 6 nitrogen and oxygen atoms in total. The van der Waals surface area contributed by atoms with Gasteiger partial charge in [0.25, 0.3) is 5.91 Å². The van der Waals surface area contributed by atoms with Crippen LogP contribution in [0.4, 0.5) is 18.0 Å². The Balaban J connectivity index is 1.96. The van der Waals surface area contributed by atoms with Gasteiger partial charge in [-0.15, -0.1) is 0 Å². The fourth-order valence-corrected chi connectivity index (χ4v) is 2.51. The molecule has 1 saturated heterocycles. The maximum Gasteiger partial charge on any atom is 0.446 e. The SMILES string of the molecule is CC(OC(=O)c1ccc(SC(F)(F)F)cc1)C(=O)N1CCNC1=O. The number of imide groups is 1. The van der Waals surface area contributed by atoms with E-state index in [0.29, 0.717) is 6.54 Å². The maximum absolute atomic E-state index is 12.2. The van der Waals surface area contributed by atoms with E-state index >= 15 is 0 Å². The molecule has 2 rings (SSSR count). The lowest BCUT2D eigenvalue weighted by molar-refractivity contribution is -0.136. The number of thioether (sulfide) groups is 1. The molecule has 0 spiro atoms. The zero-order valence-electron chi connectivity index (χ0n) is 12.4. The number of nitrogens with one attached hydrogen (secondary N) is 1. The van der Waals surface area contributed by atoms with Gasteiger partial charge in [0.1, 0.15) is 0 Å². The van der Waals surface area contributed by atoms with Crippen LogP contribution in [0.15, 0.2) is 29.2 Å². The molecule has 1 aromatic carbocycles. The molecular formula is C14H13F3N2O4S. The molecule has 1 N–H and O–H groups in total. The number of carbonyl (C=O) groups excluding carboxylic acids is 3. The number of ether oxygens (including phenoxy) is 1. The van der Waals surface area contributed by atoms with Crippen LogP contribution in [-0.4, -0.2) is 47.5 Å². The van der Waals surface area contributed by atoms with Gasteiger partial charge in [0.15, 0.2) is 6.10 Å². The molecule has 10 heteroatoms. The minimum atomic E-state index is -4.42. The summed E-state index contributed by atoms with van der Waals surface area (Å²) in [5.41, 5.74) is -4.41. The number of benzene rings is 1. The van der Waals surface area contributed by atoms with Crippen molar-refractivity contribution in [3.63, 3.8) is 0 Å². The van der Waals surface area contributed by atoms with Crippen molar-refractivity contribution in [3.05, 3.63) is 29.8 Å². The minimum absolute atomic E-state index is 0.00653. The van der Waals surface area contributed by atoms with Gasteiger partial charge in [-0.05, 0) is 43.0 Å². The van der Waals surface area contributed by atoms with Crippen LogP contribution < -0.4 is 5.32 Å². The van der Waals surface area contributed by atoms with Crippen molar-refractivity contribution >= 4 is 29.7 Å². The molecule has 1 unspecified atom stereocenters. The molecule has 0 aromatic heterocycles. The number of hydrogen-bond acceptors (Lipinski definition) is 5. The summed E-state index contributed by atoms with van der Waals surface area (Å²) in [6, 6.07) is 4.06. The molecule has 0 radical (unpaired) electrons. The quantitative estimate of drug-likeness (QED) is 0.658. The number of carbonyl (C=O) groups is 3. The Bertz CT molecular complexity index is 648. The molecule has 1 atom stereocenters. The Hall–Kier alpha value is -2.23. The summed E-state index contributed by atoms with van der Waals surface area (Å²) >= 11 is -0.300. The maximum atomic E-state index is 12.2. The van der Waals surface area contributed by atoms with E-state index in [1.807, 2.05) is 0 Å². The van der Waals surface area contributed by atoms with Gasteiger partial charge < -0.3 is 10.1 Å². The van der Waals surface area contributed by atoms with E-state index in [2.05, 4.69) is 5.32 Å². The lowest BCUT2D eigenvalue weighted by Gasteiger charge is -2.18. The highest BCUT2D eigenvalue weighted by Crippen LogP contribution is 2.36. The Morgan fingerprint density at radius 1 is 1.29 bits per heavy atom. The largest absolute Gasteiger partial charge is 0.449 e. The number of amides is 3. The van der Waals surface area contributed by atoms with E-state index in [-0.39, 0.29) is 28.8 Å². The van der Waals surface area contributed by atoms with Gasteiger partial charge in [-0.25, -0.2) is 9.59 Å². The fourth-order valence-electron chi connectivity index (χ4n) is 1.97. The third-order valence-corrected chi connectivity index (χ3v) is 3.82. The van der Waals surface area contributed by atoms with Crippen molar-refractivity contribution in [1.29, 1.82) is 0 Å². The molecular weight excluding hydrogens is 349 g/mol. The molecule has 1 heterocycles. The zero-order valence-corrected chi connectivity index (χ0v) is 13.2. The minimum Gasteiger partial charge on any atom is -0.449 e. The van der Waals surface area contributed by atoms with Crippen LogP contribution in [0, 0.1) is 0 Å². The van der Waals surface area contributed by atoms with Crippen LogP contribution in [0.25, 0.3) is 0 Å². The summed E-state index contributed by atoms with van der Waals surface area (Å²) in [7, 11) is 0. The van der Waals surface area contributed by atoms with Crippen molar-refractivity contribution in [1.82, 2.24) is 10.2 Å². The highest BCUT2D eigenvalue weighted by Gasteiger charge is 2.32. The smallest absolute Gasteiger partial charge is 0.446 e. The first kappa shape index (κ1) is 18.1. The second kappa shape index (κ2) is 7.12. The van der Waals surface area contributed by atoms with Gasteiger partial charge in [-0.3, -0.25) is 9.69 Å². The van der Waals surface area contributed by atoms with Gasteiger partial charge >= 0.3 is 17.5 Å². The van der Waals surface area contributed by atoms with Crippen LogP contribution in [0.1, 0.15) is 17.3 Å². The second-order valence-electron chi connectivity index (χ2n) is 4.84. The van der Waals surface area contributed by atoms with Crippen molar-refractivity contribution in [2.45, 2.75) is 23.4 Å². The Kier molecular flexibility index (Phi) is 5.37. The fraction of sp³-hybridized carbons (Fsp3) is 0.357. The molecule has 1 aromatic rings. The number of alkyl halides is 3. The molecule has 1 fully saturated rings. The van der Waals surface area contributed by atoms with Crippen molar-refractivity contribution in [2.24, 2.45) is 0 Å². The topological polar surface area (TPSA) is 75.7 Å². The highest BCUT2D eigenvalue weighted by atomic mass is 32.2. The number of rotatable bonds is 4. The molecule has 130 valence electrons.